The van der Waals surface area contributed by atoms with Gasteiger partial charge in [0.1, 0.15) is 11.7 Å². The number of carbonyl (C=O) groups is 1. The van der Waals surface area contributed by atoms with E-state index >= 15 is 0 Å². The number of ether oxygens (including phenoxy) is 2. The van der Waals surface area contributed by atoms with Gasteiger partial charge in [-0.15, -0.1) is 6.42 Å². The van der Waals surface area contributed by atoms with E-state index in [2.05, 4.69) is 5.92 Å². The predicted octanol–water partition coefficient (Wildman–Crippen LogP) is 2.76. The second kappa shape index (κ2) is 7.49. The minimum Gasteiger partial charge on any atom is -0.497 e. The fourth-order valence-electron chi connectivity index (χ4n) is 2.79. The molecule has 0 aliphatic carbocycles. The molecular weight excluding hydrogens is 322 g/mol. The Kier molecular flexibility index (Phi) is 5.40. The van der Waals surface area contributed by atoms with Crippen LogP contribution in [0.3, 0.4) is 0 Å². The van der Waals surface area contributed by atoms with Gasteiger partial charge in [0.25, 0.3) is 0 Å². The molecule has 0 amide bonds. The fraction of sp³-hybridized carbons (Fsp3) is 0.211. The van der Waals surface area contributed by atoms with Crippen molar-refractivity contribution >= 4 is 5.97 Å². The second-order valence-corrected chi connectivity index (χ2v) is 5.25. The molecule has 2 aromatic rings. The van der Waals surface area contributed by atoms with E-state index in [4.69, 9.17) is 15.9 Å². The first-order valence-corrected chi connectivity index (χ1v) is 7.40. The average Bonchev–Trinajstić information content (AvgIpc) is 2.66. The van der Waals surface area contributed by atoms with Crippen molar-refractivity contribution in [2.75, 3.05) is 14.2 Å². The summed E-state index contributed by atoms with van der Waals surface area (Å²) in [6.07, 6.45) is 5.63. The highest BCUT2D eigenvalue weighted by atomic mass is 16.6. The van der Waals surface area contributed by atoms with Gasteiger partial charge in [-0.3, -0.25) is 10.1 Å². The normalized spacial score (nSPS) is 13.8. The van der Waals surface area contributed by atoms with Gasteiger partial charge in [-0.05, 0) is 29.8 Å². The van der Waals surface area contributed by atoms with Gasteiger partial charge in [0, 0.05) is 10.5 Å². The van der Waals surface area contributed by atoms with E-state index in [1.807, 2.05) is 0 Å². The topological polar surface area (TPSA) is 78.7 Å². The molecule has 25 heavy (non-hydrogen) atoms. The lowest BCUT2D eigenvalue weighted by molar-refractivity contribution is -0.566. The summed E-state index contributed by atoms with van der Waals surface area (Å²) in [5.74, 6) is 0.730. The summed E-state index contributed by atoms with van der Waals surface area (Å²) < 4.78 is 9.86. The molecule has 0 saturated heterocycles. The lowest BCUT2D eigenvalue weighted by Crippen LogP contribution is -2.49. The maximum Gasteiger partial charge on any atom is 0.391 e. The highest BCUT2D eigenvalue weighted by molar-refractivity contribution is 5.83. The van der Waals surface area contributed by atoms with Gasteiger partial charge in [-0.2, -0.15) is 0 Å². The smallest absolute Gasteiger partial charge is 0.391 e. The van der Waals surface area contributed by atoms with Crippen molar-refractivity contribution in [2.24, 2.45) is 0 Å². The zero-order chi connectivity index (χ0) is 18.4. The number of carbonyl (C=O) groups excluding carboxylic acids is 1. The maximum absolute atomic E-state index is 12.6. The van der Waals surface area contributed by atoms with E-state index in [0.29, 0.717) is 11.3 Å². The van der Waals surface area contributed by atoms with Crippen LogP contribution < -0.4 is 4.74 Å². The van der Waals surface area contributed by atoms with Gasteiger partial charge < -0.3 is 9.47 Å². The standard InChI is InChI=1S/C19H17NO5/c1-4-17(14-8-6-5-7-9-14)19(20(22)23,18(21)25-3)15-10-12-16(24-2)13-11-15/h1,5-13,17H,2-3H3/t17?,19-/m1/s1. The SMILES string of the molecule is C#CC(c1ccccc1)[C@@](C(=O)OC)(c1ccc(OC)cc1)[N+](=O)[O-]. The molecule has 0 aliphatic rings. The number of benzene rings is 2. The fourth-order valence-corrected chi connectivity index (χ4v) is 2.79. The van der Waals surface area contributed by atoms with Crippen molar-refractivity contribution in [3.63, 3.8) is 0 Å². The van der Waals surface area contributed by atoms with Crippen LogP contribution in [0, 0.1) is 22.5 Å². The third kappa shape index (κ3) is 3.04. The summed E-state index contributed by atoms with van der Waals surface area (Å²) in [7, 11) is 2.58. The molecule has 0 radical (unpaired) electrons. The van der Waals surface area contributed by atoms with E-state index in [0.717, 1.165) is 7.11 Å². The van der Waals surface area contributed by atoms with Crippen molar-refractivity contribution in [1.82, 2.24) is 0 Å². The first kappa shape index (κ1) is 18.0. The molecule has 0 aliphatic heterocycles. The Balaban J connectivity index is 2.76. The summed E-state index contributed by atoms with van der Waals surface area (Å²) in [5, 5.41) is 12.1. The van der Waals surface area contributed by atoms with Crippen LogP contribution in [0.1, 0.15) is 17.0 Å². The summed E-state index contributed by atoms with van der Waals surface area (Å²) in [4.78, 5) is 24.1. The summed E-state index contributed by atoms with van der Waals surface area (Å²) in [5.41, 5.74) is -1.67. The molecule has 0 heterocycles. The number of esters is 1. The quantitative estimate of drug-likeness (QED) is 0.350. The van der Waals surface area contributed by atoms with Gasteiger partial charge >= 0.3 is 11.5 Å². The summed E-state index contributed by atoms with van der Waals surface area (Å²) in [6.45, 7) is 0. The summed E-state index contributed by atoms with van der Waals surface area (Å²) in [6, 6.07) is 14.4. The van der Waals surface area contributed by atoms with Crippen LogP contribution in [0.15, 0.2) is 54.6 Å². The van der Waals surface area contributed by atoms with Crippen LogP contribution in [-0.2, 0) is 15.1 Å². The molecule has 2 atom stereocenters. The van der Waals surface area contributed by atoms with Gasteiger partial charge in [0.15, 0.2) is 0 Å². The number of hydrogen-bond donors (Lipinski definition) is 0. The predicted molar refractivity (Wildman–Crippen MR) is 91.7 cm³/mol. The molecule has 0 fully saturated rings. The van der Waals surface area contributed by atoms with Crippen LogP contribution in [0.4, 0.5) is 0 Å². The highest BCUT2D eigenvalue weighted by Gasteiger charge is 2.60. The molecule has 2 rings (SSSR count). The van der Waals surface area contributed by atoms with E-state index in [1.165, 1.54) is 31.4 Å². The number of nitro groups is 1. The average molecular weight is 339 g/mol. The molecule has 0 bridgehead atoms. The van der Waals surface area contributed by atoms with Crippen molar-refractivity contribution in [2.45, 2.75) is 11.5 Å². The monoisotopic (exact) mass is 339 g/mol. The number of methoxy groups -OCH3 is 2. The molecule has 128 valence electrons. The van der Waals surface area contributed by atoms with Crippen LogP contribution in [-0.4, -0.2) is 25.1 Å². The molecule has 0 N–H and O–H groups in total. The van der Waals surface area contributed by atoms with Gasteiger partial charge in [0.05, 0.1) is 14.2 Å². The van der Waals surface area contributed by atoms with E-state index in [1.54, 1.807) is 30.3 Å². The van der Waals surface area contributed by atoms with Crippen molar-refractivity contribution in [1.29, 1.82) is 0 Å². The molecule has 2 aromatic carbocycles. The van der Waals surface area contributed by atoms with Crippen LogP contribution in [0.5, 0.6) is 5.75 Å². The number of hydrogen-bond acceptors (Lipinski definition) is 5. The Hall–Kier alpha value is -3.33. The zero-order valence-corrected chi connectivity index (χ0v) is 13.8. The Morgan fingerprint density at radius 1 is 1.16 bits per heavy atom. The van der Waals surface area contributed by atoms with Crippen LogP contribution in [0.25, 0.3) is 0 Å². The molecule has 1 unspecified atom stereocenters. The largest absolute Gasteiger partial charge is 0.497 e. The Morgan fingerprint density at radius 3 is 2.20 bits per heavy atom. The van der Waals surface area contributed by atoms with Crippen LogP contribution >= 0.6 is 0 Å². The zero-order valence-electron chi connectivity index (χ0n) is 13.8. The molecule has 6 heteroatoms. The molecule has 6 nitrogen and oxygen atoms in total. The third-order valence-corrected chi connectivity index (χ3v) is 4.03. The summed E-state index contributed by atoms with van der Waals surface area (Å²) >= 11 is 0. The van der Waals surface area contributed by atoms with Crippen molar-refractivity contribution < 1.29 is 19.2 Å². The Morgan fingerprint density at radius 2 is 1.76 bits per heavy atom. The molecule has 0 aromatic heterocycles. The Labute approximate surface area is 145 Å². The number of nitrogens with zero attached hydrogens (tertiary/aromatic N) is 1. The van der Waals surface area contributed by atoms with Gasteiger partial charge in [-0.1, -0.05) is 36.3 Å². The molecule has 0 spiro atoms. The first-order valence-electron chi connectivity index (χ1n) is 7.40. The lowest BCUT2D eigenvalue weighted by Gasteiger charge is -2.28. The van der Waals surface area contributed by atoms with Crippen LogP contribution in [0.2, 0.25) is 0 Å². The molecule has 0 saturated carbocycles. The van der Waals surface area contributed by atoms with E-state index < -0.39 is 22.3 Å². The maximum atomic E-state index is 12.6. The third-order valence-electron chi connectivity index (χ3n) is 4.03. The lowest BCUT2D eigenvalue weighted by atomic mass is 9.75. The molecular formula is C19H17NO5. The van der Waals surface area contributed by atoms with Crippen molar-refractivity contribution in [3.05, 3.63) is 75.8 Å². The van der Waals surface area contributed by atoms with Gasteiger partial charge in [-0.25, -0.2) is 4.79 Å². The first-order chi connectivity index (χ1) is 12.0. The van der Waals surface area contributed by atoms with E-state index in [-0.39, 0.29) is 5.56 Å². The number of terminal acetylenes is 1. The number of rotatable bonds is 6. The Bertz CT molecular complexity index is 795. The minimum atomic E-state index is -2.27. The highest BCUT2D eigenvalue weighted by Crippen LogP contribution is 2.41. The second-order valence-electron chi connectivity index (χ2n) is 5.25. The minimum absolute atomic E-state index is 0.122. The van der Waals surface area contributed by atoms with Gasteiger partial charge in [0.2, 0.25) is 0 Å². The van der Waals surface area contributed by atoms with E-state index in [9.17, 15) is 14.9 Å². The van der Waals surface area contributed by atoms with Crippen molar-refractivity contribution in [3.8, 4) is 18.1 Å².